The number of carboxylic acids is 1. The lowest BCUT2D eigenvalue weighted by Crippen LogP contribution is -2.44. The van der Waals surface area contributed by atoms with E-state index in [9.17, 15) is 14.4 Å². The van der Waals surface area contributed by atoms with E-state index in [1.807, 2.05) is 0 Å². The second kappa shape index (κ2) is 7.11. The molecule has 0 bridgehead atoms. The number of carbonyl (C=O) groups is 3. The van der Waals surface area contributed by atoms with E-state index in [1.165, 1.54) is 19.3 Å². The van der Waals surface area contributed by atoms with E-state index >= 15 is 0 Å². The van der Waals surface area contributed by atoms with Crippen LogP contribution in [0.4, 0.5) is 4.79 Å². The molecule has 0 aromatic rings. The van der Waals surface area contributed by atoms with Crippen molar-refractivity contribution >= 4 is 17.9 Å². The van der Waals surface area contributed by atoms with E-state index in [0.29, 0.717) is 6.54 Å². The maximum atomic E-state index is 11.5. The van der Waals surface area contributed by atoms with Crippen LogP contribution in [0.5, 0.6) is 0 Å². The largest absolute Gasteiger partial charge is 0.481 e. The molecule has 0 unspecified atom stereocenters. The number of urea groups is 1. The molecule has 0 heterocycles. The number of hydrogen-bond donors (Lipinski definition) is 3. The van der Waals surface area contributed by atoms with Gasteiger partial charge in [0.1, 0.15) is 0 Å². The molecule has 0 saturated heterocycles. The van der Waals surface area contributed by atoms with Gasteiger partial charge in [0.25, 0.3) is 0 Å². The number of imide groups is 1. The van der Waals surface area contributed by atoms with E-state index in [0.717, 1.165) is 12.8 Å². The minimum Gasteiger partial charge on any atom is -0.481 e. The van der Waals surface area contributed by atoms with Gasteiger partial charge < -0.3 is 10.4 Å². The summed E-state index contributed by atoms with van der Waals surface area (Å²) in [4.78, 5) is 33.0. The highest BCUT2D eigenvalue weighted by Crippen LogP contribution is 2.34. The highest BCUT2D eigenvalue weighted by atomic mass is 16.4. The number of amides is 3. The van der Waals surface area contributed by atoms with Gasteiger partial charge in [0.15, 0.2) is 0 Å². The summed E-state index contributed by atoms with van der Waals surface area (Å²) in [6.45, 7) is 2.68. The highest BCUT2D eigenvalue weighted by Gasteiger charge is 2.27. The molecule has 0 aromatic heterocycles. The average Bonchev–Trinajstić information content (AvgIpc) is 2.35. The first-order chi connectivity index (χ1) is 8.91. The van der Waals surface area contributed by atoms with Crippen molar-refractivity contribution in [3.63, 3.8) is 0 Å². The fraction of sp³-hybridized carbons (Fsp3) is 0.769. The van der Waals surface area contributed by atoms with Gasteiger partial charge in [-0.3, -0.25) is 14.9 Å². The van der Waals surface area contributed by atoms with Crippen LogP contribution >= 0.6 is 0 Å². The van der Waals surface area contributed by atoms with Gasteiger partial charge in [-0.2, -0.15) is 0 Å². The maximum absolute atomic E-state index is 11.5. The van der Waals surface area contributed by atoms with Crippen molar-refractivity contribution in [2.24, 2.45) is 5.41 Å². The van der Waals surface area contributed by atoms with Crippen LogP contribution in [-0.2, 0) is 9.59 Å². The quantitative estimate of drug-likeness (QED) is 0.707. The number of nitrogens with one attached hydrogen (secondary N) is 2. The Morgan fingerprint density at radius 3 is 2.32 bits per heavy atom. The molecule has 3 amide bonds. The molecule has 1 aliphatic rings. The van der Waals surface area contributed by atoms with E-state index in [1.54, 1.807) is 0 Å². The van der Waals surface area contributed by atoms with Gasteiger partial charge in [0, 0.05) is 13.0 Å². The lowest BCUT2D eigenvalue weighted by Gasteiger charge is -2.33. The second-order valence-corrected chi connectivity index (χ2v) is 5.50. The minimum atomic E-state index is -1.05. The topological polar surface area (TPSA) is 95.5 Å². The van der Waals surface area contributed by atoms with Crippen molar-refractivity contribution < 1.29 is 19.5 Å². The summed E-state index contributed by atoms with van der Waals surface area (Å²) in [7, 11) is 0. The summed E-state index contributed by atoms with van der Waals surface area (Å²) < 4.78 is 0. The molecule has 6 heteroatoms. The summed E-state index contributed by atoms with van der Waals surface area (Å²) >= 11 is 0. The Morgan fingerprint density at radius 2 is 1.74 bits per heavy atom. The number of aliphatic carboxylic acids is 1. The van der Waals surface area contributed by atoms with Crippen LogP contribution in [0.25, 0.3) is 0 Å². The molecule has 0 spiro atoms. The summed E-state index contributed by atoms with van der Waals surface area (Å²) in [5.74, 6) is -1.61. The molecule has 0 aliphatic heterocycles. The van der Waals surface area contributed by atoms with Gasteiger partial charge in [0.05, 0.1) is 6.42 Å². The predicted molar refractivity (Wildman–Crippen MR) is 69.6 cm³/mol. The molecule has 1 fully saturated rings. The van der Waals surface area contributed by atoms with Gasteiger partial charge in [-0.05, 0) is 18.3 Å². The Kier molecular flexibility index (Phi) is 5.79. The highest BCUT2D eigenvalue weighted by molar-refractivity contribution is 5.95. The van der Waals surface area contributed by atoms with Gasteiger partial charge in [-0.25, -0.2) is 4.79 Å². The fourth-order valence-corrected chi connectivity index (χ4v) is 2.33. The standard InChI is InChI=1S/C13H22N2O4/c1-13(7-3-2-4-8-13)9-14-12(19)15-10(16)5-6-11(17)18/h2-9H2,1H3,(H,17,18)(H2,14,15,16,19). The molecule has 1 aliphatic carbocycles. The van der Waals surface area contributed by atoms with Crippen LogP contribution in [0.2, 0.25) is 0 Å². The minimum absolute atomic E-state index is 0.111. The Morgan fingerprint density at radius 1 is 1.11 bits per heavy atom. The summed E-state index contributed by atoms with van der Waals surface area (Å²) in [6, 6.07) is -0.540. The fourth-order valence-electron chi connectivity index (χ4n) is 2.33. The monoisotopic (exact) mass is 270 g/mol. The van der Waals surface area contributed by atoms with E-state index in [4.69, 9.17) is 5.11 Å². The molecule has 108 valence electrons. The van der Waals surface area contributed by atoms with Crippen molar-refractivity contribution in [3.8, 4) is 0 Å². The van der Waals surface area contributed by atoms with Gasteiger partial charge in [-0.1, -0.05) is 26.2 Å². The van der Waals surface area contributed by atoms with Gasteiger partial charge >= 0.3 is 12.0 Å². The van der Waals surface area contributed by atoms with Crippen LogP contribution < -0.4 is 10.6 Å². The Labute approximate surface area is 112 Å². The van der Waals surface area contributed by atoms with Crippen LogP contribution in [0.15, 0.2) is 0 Å². The molecule has 0 aromatic carbocycles. The first-order valence-corrected chi connectivity index (χ1v) is 6.71. The van der Waals surface area contributed by atoms with Gasteiger partial charge in [0.2, 0.25) is 5.91 Å². The molecular formula is C13H22N2O4. The number of carbonyl (C=O) groups excluding carboxylic acids is 2. The maximum Gasteiger partial charge on any atom is 0.321 e. The van der Waals surface area contributed by atoms with Crippen LogP contribution in [0, 0.1) is 5.41 Å². The zero-order chi connectivity index (χ0) is 14.3. The summed E-state index contributed by atoms with van der Waals surface area (Å²) in [6.07, 6.45) is 5.32. The predicted octanol–water partition coefficient (Wildman–Crippen LogP) is 1.65. The van der Waals surface area contributed by atoms with Crippen molar-refractivity contribution in [1.29, 1.82) is 0 Å². The van der Waals surface area contributed by atoms with Crippen molar-refractivity contribution in [2.45, 2.75) is 51.9 Å². The SMILES string of the molecule is CC1(CNC(=O)NC(=O)CCC(=O)O)CCCCC1. The van der Waals surface area contributed by atoms with Gasteiger partial charge in [-0.15, -0.1) is 0 Å². The van der Waals surface area contributed by atoms with Crippen molar-refractivity contribution in [1.82, 2.24) is 10.6 Å². The molecule has 0 atom stereocenters. The summed E-state index contributed by atoms with van der Waals surface area (Å²) in [5.41, 5.74) is 0.111. The van der Waals surface area contributed by atoms with E-state index in [2.05, 4.69) is 17.6 Å². The zero-order valence-electron chi connectivity index (χ0n) is 11.3. The third-order valence-corrected chi connectivity index (χ3v) is 3.56. The van der Waals surface area contributed by atoms with Crippen LogP contribution in [-0.4, -0.2) is 29.6 Å². The molecule has 3 N–H and O–H groups in total. The lowest BCUT2D eigenvalue weighted by molar-refractivity contribution is -0.138. The van der Waals surface area contributed by atoms with Crippen LogP contribution in [0.3, 0.4) is 0 Å². The second-order valence-electron chi connectivity index (χ2n) is 5.50. The zero-order valence-corrected chi connectivity index (χ0v) is 11.3. The van der Waals surface area contributed by atoms with Crippen LogP contribution in [0.1, 0.15) is 51.9 Å². The first-order valence-electron chi connectivity index (χ1n) is 6.71. The molecule has 6 nitrogen and oxygen atoms in total. The van der Waals surface area contributed by atoms with Crippen molar-refractivity contribution in [3.05, 3.63) is 0 Å². The lowest BCUT2D eigenvalue weighted by atomic mass is 9.76. The number of rotatable bonds is 5. The molecule has 19 heavy (non-hydrogen) atoms. The molecule has 1 saturated carbocycles. The Balaban J connectivity index is 2.23. The Bertz CT molecular complexity index is 349. The van der Waals surface area contributed by atoms with E-state index < -0.39 is 17.9 Å². The third kappa shape index (κ3) is 6.22. The summed E-state index contributed by atoms with van der Waals surface area (Å²) in [5, 5.41) is 13.3. The van der Waals surface area contributed by atoms with Crippen molar-refractivity contribution in [2.75, 3.05) is 6.54 Å². The normalized spacial score (nSPS) is 17.5. The average molecular weight is 270 g/mol. The molecule has 0 radical (unpaired) electrons. The first kappa shape index (κ1) is 15.5. The van der Waals surface area contributed by atoms with E-state index in [-0.39, 0.29) is 18.3 Å². The smallest absolute Gasteiger partial charge is 0.321 e. The number of hydrogen-bond acceptors (Lipinski definition) is 3. The number of carboxylic acid groups (broad SMARTS) is 1. The molecule has 1 rings (SSSR count). The molecular weight excluding hydrogens is 248 g/mol. The third-order valence-electron chi connectivity index (χ3n) is 3.56. The Hall–Kier alpha value is -1.59.